The largest absolute Gasteiger partial charge is 0.478 e. The van der Waals surface area contributed by atoms with Crippen molar-refractivity contribution in [2.45, 2.75) is 20.0 Å². The van der Waals surface area contributed by atoms with Crippen molar-refractivity contribution in [3.63, 3.8) is 0 Å². The van der Waals surface area contributed by atoms with Crippen LogP contribution in [0.25, 0.3) is 6.08 Å². The predicted octanol–water partition coefficient (Wildman–Crippen LogP) is 5.62. The first kappa shape index (κ1) is 18.9. The Hall–Kier alpha value is -3.08. The van der Waals surface area contributed by atoms with Crippen LogP contribution in [0.4, 0.5) is 0 Å². The van der Waals surface area contributed by atoms with E-state index in [1.807, 2.05) is 18.2 Å². The molecule has 0 amide bonds. The van der Waals surface area contributed by atoms with Gasteiger partial charge in [0, 0.05) is 18.1 Å². The number of hydrogen-bond donors (Lipinski definition) is 0. The van der Waals surface area contributed by atoms with E-state index < -0.39 is 0 Å². The number of Topliss-reactive ketones (excluding diaryl/α,β-unsaturated/α-hetero) is 1. The molecule has 0 N–H and O–H groups in total. The lowest BCUT2D eigenvalue weighted by Gasteiger charge is -2.29. The Morgan fingerprint density at radius 3 is 2.73 bits per heavy atom. The smallest absolute Gasteiger partial charge is 0.231 e. The molecule has 0 atom stereocenters. The second-order valence-electron chi connectivity index (χ2n) is 7.66. The molecule has 150 valence electrons. The molecule has 2 aliphatic rings. The fourth-order valence-corrected chi connectivity index (χ4v) is 4.00. The third-order valence-electron chi connectivity index (χ3n) is 5.36. The van der Waals surface area contributed by atoms with E-state index >= 15 is 0 Å². The third-order valence-corrected chi connectivity index (χ3v) is 5.59. The van der Waals surface area contributed by atoms with Gasteiger partial charge in [-0.3, -0.25) is 9.69 Å². The summed E-state index contributed by atoms with van der Waals surface area (Å²) in [7, 11) is 0. The van der Waals surface area contributed by atoms with Gasteiger partial charge in [0.25, 0.3) is 0 Å². The van der Waals surface area contributed by atoms with Gasteiger partial charge in [-0.2, -0.15) is 0 Å². The normalized spacial score (nSPS) is 16.7. The van der Waals surface area contributed by atoms with Crippen molar-refractivity contribution in [2.24, 2.45) is 0 Å². The second kappa shape index (κ2) is 7.63. The Labute approximate surface area is 180 Å². The van der Waals surface area contributed by atoms with Crippen LogP contribution in [0, 0.1) is 6.92 Å². The number of carbonyl (C=O) groups is 1. The topological polar surface area (TPSA) is 38.8 Å². The minimum Gasteiger partial charge on any atom is -0.478 e. The van der Waals surface area contributed by atoms with E-state index in [0.717, 1.165) is 23.4 Å². The van der Waals surface area contributed by atoms with E-state index in [0.29, 0.717) is 35.4 Å². The Kier molecular flexibility index (Phi) is 4.81. The number of ketones is 1. The highest BCUT2D eigenvalue weighted by molar-refractivity contribution is 6.30. The van der Waals surface area contributed by atoms with Crippen molar-refractivity contribution in [1.82, 2.24) is 4.90 Å². The van der Waals surface area contributed by atoms with Gasteiger partial charge in [-0.1, -0.05) is 53.6 Å². The van der Waals surface area contributed by atoms with Gasteiger partial charge < -0.3 is 9.47 Å². The zero-order valence-corrected chi connectivity index (χ0v) is 17.3. The lowest BCUT2D eigenvalue weighted by molar-refractivity contribution is 0.0873. The summed E-state index contributed by atoms with van der Waals surface area (Å²) in [4.78, 5) is 15.1. The number of halogens is 1. The molecule has 5 heteroatoms. The highest BCUT2D eigenvalue weighted by Crippen LogP contribution is 2.42. The zero-order chi connectivity index (χ0) is 20.7. The van der Waals surface area contributed by atoms with E-state index in [-0.39, 0.29) is 5.78 Å². The molecule has 0 aliphatic carbocycles. The number of allylic oxidation sites excluding steroid dienone is 1. The van der Waals surface area contributed by atoms with Crippen molar-refractivity contribution >= 4 is 23.5 Å². The maximum atomic E-state index is 12.9. The molecule has 0 saturated carbocycles. The summed E-state index contributed by atoms with van der Waals surface area (Å²) < 4.78 is 12.0. The van der Waals surface area contributed by atoms with Gasteiger partial charge in [0.05, 0.1) is 11.1 Å². The Morgan fingerprint density at radius 2 is 1.93 bits per heavy atom. The SMILES string of the molecule is Cc1ccc(CN2COc3ccc4c(c3C2)O/C(=C\c2cccc(Cl)c2)C4=O)cc1. The number of ether oxygens (including phenoxy) is 2. The summed E-state index contributed by atoms with van der Waals surface area (Å²) in [5, 5.41) is 0.616. The van der Waals surface area contributed by atoms with Gasteiger partial charge in [-0.25, -0.2) is 0 Å². The Bertz CT molecular complexity index is 1170. The molecule has 0 aromatic heterocycles. The van der Waals surface area contributed by atoms with Crippen LogP contribution in [0.5, 0.6) is 11.5 Å². The Morgan fingerprint density at radius 1 is 1.10 bits per heavy atom. The number of benzene rings is 3. The monoisotopic (exact) mass is 417 g/mol. The van der Waals surface area contributed by atoms with Crippen molar-refractivity contribution in [1.29, 1.82) is 0 Å². The van der Waals surface area contributed by atoms with Crippen LogP contribution in [-0.4, -0.2) is 17.4 Å². The van der Waals surface area contributed by atoms with Gasteiger partial charge in [0.15, 0.2) is 5.76 Å². The highest BCUT2D eigenvalue weighted by atomic mass is 35.5. The molecular weight excluding hydrogens is 398 g/mol. The minimum absolute atomic E-state index is 0.122. The molecule has 0 bridgehead atoms. The van der Waals surface area contributed by atoms with Crippen LogP contribution in [0.15, 0.2) is 66.4 Å². The number of hydrogen-bond acceptors (Lipinski definition) is 4. The predicted molar refractivity (Wildman–Crippen MR) is 117 cm³/mol. The summed E-state index contributed by atoms with van der Waals surface area (Å²) in [6.45, 7) is 4.00. The lowest BCUT2D eigenvalue weighted by atomic mass is 10.0. The number of carbonyl (C=O) groups excluding carboxylic acids is 1. The van der Waals surface area contributed by atoms with Crippen LogP contribution >= 0.6 is 11.6 Å². The second-order valence-corrected chi connectivity index (χ2v) is 8.10. The van der Waals surface area contributed by atoms with Crippen LogP contribution in [0.3, 0.4) is 0 Å². The van der Waals surface area contributed by atoms with Crippen molar-refractivity contribution < 1.29 is 14.3 Å². The molecule has 3 aromatic rings. The number of nitrogens with zero attached hydrogens (tertiary/aromatic N) is 1. The highest BCUT2D eigenvalue weighted by Gasteiger charge is 2.33. The quantitative estimate of drug-likeness (QED) is 0.519. The van der Waals surface area contributed by atoms with E-state index in [2.05, 4.69) is 36.1 Å². The molecule has 0 spiro atoms. The van der Waals surface area contributed by atoms with Gasteiger partial charge >= 0.3 is 0 Å². The molecule has 2 heterocycles. The fourth-order valence-electron chi connectivity index (χ4n) is 3.81. The molecule has 30 heavy (non-hydrogen) atoms. The average Bonchev–Trinajstić information content (AvgIpc) is 3.06. The van der Waals surface area contributed by atoms with E-state index in [9.17, 15) is 4.79 Å². The number of aryl methyl sites for hydroxylation is 1. The third kappa shape index (κ3) is 3.60. The molecule has 5 rings (SSSR count). The summed E-state index contributed by atoms with van der Waals surface area (Å²) >= 11 is 6.06. The Balaban J connectivity index is 1.42. The van der Waals surface area contributed by atoms with Crippen LogP contribution in [0.2, 0.25) is 5.02 Å². The first-order valence-electron chi connectivity index (χ1n) is 9.83. The number of fused-ring (bicyclic) bond motifs is 3. The maximum absolute atomic E-state index is 12.9. The van der Waals surface area contributed by atoms with Gasteiger partial charge in [-0.15, -0.1) is 0 Å². The van der Waals surface area contributed by atoms with Gasteiger partial charge in [0.2, 0.25) is 5.78 Å². The van der Waals surface area contributed by atoms with Crippen molar-refractivity contribution in [3.8, 4) is 11.5 Å². The van der Waals surface area contributed by atoms with Crippen LogP contribution in [-0.2, 0) is 13.1 Å². The molecule has 0 unspecified atom stereocenters. The van der Waals surface area contributed by atoms with E-state index in [1.165, 1.54) is 11.1 Å². The molecule has 0 saturated heterocycles. The molecule has 3 aromatic carbocycles. The summed E-state index contributed by atoms with van der Waals surface area (Å²) in [5.41, 5.74) is 4.77. The minimum atomic E-state index is -0.122. The van der Waals surface area contributed by atoms with Crippen LogP contribution in [0.1, 0.15) is 32.6 Å². The molecule has 0 fully saturated rings. The lowest BCUT2D eigenvalue weighted by Crippen LogP contribution is -2.31. The maximum Gasteiger partial charge on any atom is 0.231 e. The van der Waals surface area contributed by atoms with Gasteiger partial charge in [0.1, 0.15) is 18.2 Å². The zero-order valence-electron chi connectivity index (χ0n) is 16.5. The number of rotatable bonds is 3. The summed E-state index contributed by atoms with van der Waals surface area (Å²) in [6.07, 6.45) is 1.73. The molecule has 2 aliphatic heterocycles. The van der Waals surface area contributed by atoms with E-state index in [1.54, 1.807) is 24.3 Å². The van der Waals surface area contributed by atoms with Crippen molar-refractivity contribution in [2.75, 3.05) is 6.73 Å². The molecular formula is C25H20ClNO3. The summed E-state index contributed by atoms with van der Waals surface area (Å²) in [6, 6.07) is 19.5. The molecule has 0 radical (unpaired) electrons. The van der Waals surface area contributed by atoms with E-state index in [4.69, 9.17) is 21.1 Å². The first-order chi connectivity index (χ1) is 14.6. The average molecular weight is 418 g/mol. The fraction of sp³-hybridized carbons (Fsp3) is 0.160. The first-order valence-corrected chi connectivity index (χ1v) is 10.2. The van der Waals surface area contributed by atoms with Crippen molar-refractivity contribution in [3.05, 3.63) is 99.3 Å². The summed E-state index contributed by atoms with van der Waals surface area (Å²) in [5.74, 6) is 1.55. The van der Waals surface area contributed by atoms with Gasteiger partial charge in [-0.05, 0) is 48.4 Å². The van der Waals surface area contributed by atoms with Crippen LogP contribution < -0.4 is 9.47 Å². The molecule has 4 nitrogen and oxygen atoms in total. The standard InChI is InChI=1S/C25H20ClNO3/c1-16-5-7-17(8-6-16)13-27-14-21-22(29-15-27)10-9-20-24(28)23(30-25(20)21)12-18-3-2-4-19(26)11-18/h2-12H,13-15H2,1H3/b23-12-.